The third kappa shape index (κ3) is 2.38. The van der Waals surface area contributed by atoms with Gasteiger partial charge in [-0.2, -0.15) is 0 Å². The Morgan fingerprint density at radius 1 is 1.47 bits per heavy atom. The first kappa shape index (κ1) is 11.3. The molecule has 0 aromatic heterocycles. The lowest BCUT2D eigenvalue weighted by Gasteiger charge is -2.17. The molecule has 1 aromatic carbocycles. The van der Waals surface area contributed by atoms with Crippen molar-refractivity contribution in [1.29, 1.82) is 0 Å². The van der Waals surface area contributed by atoms with Gasteiger partial charge in [-0.3, -0.25) is 4.79 Å². The molecule has 2 heteroatoms. The Morgan fingerprint density at radius 3 is 2.53 bits per heavy atom. The van der Waals surface area contributed by atoms with E-state index in [1.165, 1.54) is 0 Å². The van der Waals surface area contributed by atoms with Gasteiger partial charge >= 0.3 is 5.97 Å². The van der Waals surface area contributed by atoms with Crippen LogP contribution in [-0.4, -0.2) is 11.1 Å². The number of rotatable bonds is 3. The smallest absolute Gasteiger partial charge is 0.319 e. The first-order valence-corrected chi connectivity index (χ1v) is 4.82. The lowest BCUT2D eigenvalue weighted by atomic mass is 9.86. The summed E-state index contributed by atoms with van der Waals surface area (Å²) in [6.45, 7) is 3.81. The Hall–Kier alpha value is -1.75. The quantitative estimate of drug-likeness (QED) is 0.764. The summed E-state index contributed by atoms with van der Waals surface area (Å²) in [6, 6.07) is 7.71. The Labute approximate surface area is 89.9 Å². The molecule has 0 saturated carbocycles. The molecule has 1 rings (SSSR count). The number of terminal acetylenes is 1. The Kier molecular flexibility index (Phi) is 3.51. The number of carbonyl (C=O) groups is 1. The third-order valence-corrected chi connectivity index (χ3v) is 2.62. The highest BCUT2D eigenvalue weighted by molar-refractivity contribution is 5.74. The molecule has 0 heterocycles. The normalized spacial score (nSPS) is 13.9. The van der Waals surface area contributed by atoms with Crippen LogP contribution < -0.4 is 0 Å². The van der Waals surface area contributed by atoms with E-state index in [-0.39, 0.29) is 5.92 Å². The summed E-state index contributed by atoms with van der Waals surface area (Å²) in [5.74, 6) is 0.474. The Balaban J connectivity index is 3.04. The van der Waals surface area contributed by atoms with Gasteiger partial charge in [-0.1, -0.05) is 37.1 Å². The van der Waals surface area contributed by atoms with Crippen LogP contribution in [0.5, 0.6) is 0 Å². The number of aliphatic carboxylic acids is 1. The third-order valence-electron chi connectivity index (χ3n) is 2.62. The van der Waals surface area contributed by atoms with Crippen LogP contribution in [0.15, 0.2) is 24.3 Å². The molecule has 0 radical (unpaired) electrons. The van der Waals surface area contributed by atoms with Crippen LogP contribution in [0.2, 0.25) is 0 Å². The van der Waals surface area contributed by atoms with E-state index < -0.39 is 11.9 Å². The fourth-order valence-electron chi connectivity index (χ4n) is 1.71. The lowest BCUT2D eigenvalue weighted by molar-refractivity contribution is -0.140. The van der Waals surface area contributed by atoms with Crippen LogP contribution >= 0.6 is 0 Å². The van der Waals surface area contributed by atoms with Gasteiger partial charge in [0.15, 0.2) is 0 Å². The van der Waals surface area contributed by atoms with Gasteiger partial charge in [-0.05, 0) is 18.1 Å². The van der Waals surface area contributed by atoms with Gasteiger partial charge in [0.25, 0.3) is 0 Å². The predicted octanol–water partition coefficient (Wildman–Crippen LogP) is 2.43. The van der Waals surface area contributed by atoms with Gasteiger partial charge in [-0.15, -0.1) is 6.42 Å². The average Bonchev–Trinajstić information content (AvgIpc) is 2.18. The zero-order chi connectivity index (χ0) is 11.4. The molecule has 2 atom stereocenters. The molecule has 0 fully saturated rings. The molecule has 0 aliphatic rings. The van der Waals surface area contributed by atoms with Crippen molar-refractivity contribution in [2.75, 3.05) is 0 Å². The monoisotopic (exact) mass is 202 g/mol. The Morgan fingerprint density at radius 2 is 2.07 bits per heavy atom. The zero-order valence-corrected chi connectivity index (χ0v) is 8.90. The average molecular weight is 202 g/mol. The second-order valence-electron chi connectivity index (χ2n) is 3.63. The summed E-state index contributed by atoms with van der Waals surface area (Å²) in [6.07, 6.45) is 5.23. The summed E-state index contributed by atoms with van der Waals surface area (Å²) in [7, 11) is 0. The highest BCUT2D eigenvalue weighted by Crippen LogP contribution is 2.26. The van der Waals surface area contributed by atoms with Crippen LogP contribution in [0.4, 0.5) is 0 Å². The molecule has 78 valence electrons. The number of carboxylic acids is 1. The highest BCUT2D eigenvalue weighted by Gasteiger charge is 2.24. The molecule has 2 nitrogen and oxygen atoms in total. The first-order chi connectivity index (χ1) is 7.07. The maximum Gasteiger partial charge on any atom is 0.319 e. The van der Waals surface area contributed by atoms with E-state index >= 15 is 0 Å². The molecule has 1 aromatic rings. The molecule has 0 aliphatic heterocycles. The summed E-state index contributed by atoms with van der Waals surface area (Å²) in [4.78, 5) is 10.9. The van der Waals surface area contributed by atoms with Crippen molar-refractivity contribution in [2.24, 2.45) is 5.92 Å². The van der Waals surface area contributed by atoms with Crippen molar-refractivity contribution in [3.8, 4) is 12.3 Å². The second-order valence-corrected chi connectivity index (χ2v) is 3.63. The van der Waals surface area contributed by atoms with E-state index in [4.69, 9.17) is 11.5 Å². The van der Waals surface area contributed by atoms with E-state index in [1.807, 2.05) is 38.1 Å². The number of carboxylic acid groups (broad SMARTS) is 1. The highest BCUT2D eigenvalue weighted by atomic mass is 16.4. The SMILES string of the molecule is C#CC(C(=O)O)C(C)c1ccccc1C. The van der Waals surface area contributed by atoms with Gasteiger partial charge in [0.05, 0.1) is 0 Å². The molecular weight excluding hydrogens is 188 g/mol. The first-order valence-electron chi connectivity index (χ1n) is 4.82. The largest absolute Gasteiger partial charge is 0.480 e. The summed E-state index contributed by atoms with van der Waals surface area (Å²) >= 11 is 0. The van der Waals surface area contributed by atoms with E-state index in [2.05, 4.69) is 5.92 Å². The van der Waals surface area contributed by atoms with Crippen LogP contribution in [-0.2, 0) is 4.79 Å². The Bertz CT molecular complexity index is 401. The van der Waals surface area contributed by atoms with Gasteiger partial charge in [0.2, 0.25) is 0 Å². The minimum atomic E-state index is -0.937. The van der Waals surface area contributed by atoms with E-state index in [0.29, 0.717) is 0 Å². The predicted molar refractivity (Wildman–Crippen MR) is 59.6 cm³/mol. The number of aryl methyl sites for hydroxylation is 1. The number of hydrogen-bond donors (Lipinski definition) is 1. The zero-order valence-electron chi connectivity index (χ0n) is 8.90. The molecule has 1 N–H and O–H groups in total. The van der Waals surface area contributed by atoms with Crippen molar-refractivity contribution < 1.29 is 9.90 Å². The van der Waals surface area contributed by atoms with Crippen molar-refractivity contribution in [3.05, 3.63) is 35.4 Å². The molecule has 0 spiro atoms. The topological polar surface area (TPSA) is 37.3 Å². The summed E-state index contributed by atoms with van der Waals surface area (Å²) in [5.41, 5.74) is 2.08. The summed E-state index contributed by atoms with van der Waals surface area (Å²) < 4.78 is 0. The van der Waals surface area contributed by atoms with Gasteiger partial charge in [-0.25, -0.2) is 0 Å². The fourth-order valence-corrected chi connectivity index (χ4v) is 1.71. The number of hydrogen-bond acceptors (Lipinski definition) is 1. The lowest BCUT2D eigenvalue weighted by Crippen LogP contribution is -2.19. The van der Waals surface area contributed by atoms with Crippen LogP contribution in [0.25, 0.3) is 0 Å². The van der Waals surface area contributed by atoms with E-state index in [1.54, 1.807) is 0 Å². The number of benzene rings is 1. The van der Waals surface area contributed by atoms with E-state index in [9.17, 15) is 4.79 Å². The van der Waals surface area contributed by atoms with Crippen LogP contribution in [0, 0.1) is 25.2 Å². The maximum absolute atomic E-state index is 10.9. The molecule has 0 amide bonds. The van der Waals surface area contributed by atoms with Gasteiger partial charge in [0, 0.05) is 5.92 Å². The van der Waals surface area contributed by atoms with E-state index in [0.717, 1.165) is 11.1 Å². The van der Waals surface area contributed by atoms with Gasteiger partial charge in [0.1, 0.15) is 5.92 Å². The minimum absolute atomic E-state index is 0.159. The van der Waals surface area contributed by atoms with Crippen molar-refractivity contribution >= 4 is 5.97 Å². The summed E-state index contributed by atoms with van der Waals surface area (Å²) in [5, 5.41) is 8.95. The van der Waals surface area contributed by atoms with Crippen molar-refractivity contribution in [3.63, 3.8) is 0 Å². The molecule has 0 bridgehead atoms. The molecule has 15 heavy (non-hydrogen) atoms. The molecule has 2 unspecified atom stereocenters. The van der Waals surface area contributed by atoms with Crippen molar-refractivity contribution in [2.45, 2.75) is 19.8 Å². The molecule has 0 aliphatic carbocycles. The molecule has 0 saturated heterocycles. The van der Waals surface area contributed by atoms with Crippen LogP contribution in [0.1, 0.15) is 24.0 Å². The molecular formula is C13H14O2. The second kappa shape index (κ2) is 4.65. The standard InChI is InChI=1S/C13H14O2/c1-4-11(13(14)15)10(3)12-8-6-5-7-9(12)2/h1,5-8,10-11H,2-3H3,(H,14,15). The maximum atomic E-state index is 10.9. The fraction of sp³-hybridized carbons (Fsp3) is 0.308. The van der Waals surface area contributed by atoms with Crippen molar-refractivity contribution in [1.82, 2.24) is 0 Å². The minimum Gasteiger partial charge on any atom is -0.480 e. The van der Waals surface area contributed by atoms with Crippen LogP contribution in [0.3, 0.4) is 0 Å². The van der Waals surface area contributed by atoms with Gasteiger partial charge < -0.3 is 5.11 Å².